The van der Waals surface area contributed by atoms with Gasteiger partial charge in [0.25, 0.3) is 0 Å². The zero-order valence-electron chi connectivity index (χ0n) is 9.20. The summed E-state index contributed by atoms with van der Waals surface area (Å²) in [6, 6.07) is 6.32. The van der Waals surface area contributed by atoms with Gasteiger partial charge in [-0.3, -0.25) is 4.40 Å². The van der Waals surface area contributed by atoms with Crippen LogP contribution >= 0.6 is 15.9 Å². The van der Waals surface area contributed by atoms with Crippen LogP contribution in [0.3, 0.4) is 0 Å². The minimum Gasteiger partial charge on any atom is -0.316 e. The molecule has 16 heavy (non-hydrogen) atoms. The summed E-state index contributed by atoms with van der Waals surface area (Å²) in [5, 5.41) is 3.40. The second kappa shape index (κ2) is 3.86. The molecule has 3 nitrogen and oxygen atoms in total. The second-order valence-electron chi connectivity index (χ2n) is 4.34. The number of rotatable bonds is 1. The molecule has 1 atom stereocenters. The number of imidazole rings is 1. The van der Waals surface area contributed by atoms with Crippen molar-refractivity contribution in [3.8, 4) is 0 Å². The van der Waals surface area contributed by atoms with E-state index in [9.17, 15) is 0 Å². The highest BCUT2D eigenvalue weighted by molar-refractivity contribution is 9.10. The number of halogens is 1. The molecular formula is C12H14BrN3. The summed E-state index contributed by atoms with van der Waals surface area (Å²) < 4.78 is 3.22. The Hall–Kier alpha value is -0.870. The first-order valence-electron chi connectivity index (χ1n) is 5.61. The van der Waals surface area contributed by atoms with Crippen molar-refractivity contribution in [1.29, 1.82) is 0 Å². The highest BCUT2D eigenvalue weighted by atomic mass is 79.9. The van der Waals surface area contributed by atoms with Crippen LogP contribution in [-0.4, -0.2) is 22.5 Å². The summed E-state index contributed by atoms with van der Waals surface area (Å²) in [6.45, 7) is 4.27. The van der Waals surface area contributed by atoms with Gasteiger partial charge in [-0.25, -0.2) is 4.98 Å². The van der Waals surface area contributed by atoms with Crippen molar-refractivity contribution in [2.45, 2.75) is 19.3 Å². The highest BCUT2D eigenvalue weighted by Gasteiger charge is 2.23. The van der Waals surface area contributed by atoms with Crippen LogP contribution in [0.1, 0.15) is 23.9 Å². The molecule has 0 aromatic carbocycles. The lowest BCUT2D eigenvalue weighted by Crippen LogP contribution is -2.10. The topological polar surface area (TPSA) is 29.3 Å². The minimum absolute atomic E-state index is 0.542. The van der Waals surface area contributed by atoms with Crippen LogP contribution in [0, 0.1) is 6.92 Å². The molecule has 4 heteroatoms. The Labute approximate surface area is 103 Å². The summed E-state index contributed by atoms with van der Waals surface area (Å²) in [4.78, 5) is 4.67. The molecular weight excluding hydrogens is 266 g/mol. The predicted molar refractivity (Wildman–Crippen MR) is 67.9 cm³/mol. The van der Waals surface area contributed by atoms with Crippen LogP contribution in [0.5, 0.6) is 0 Å². The van der Waals surface area contributed by atoms with Gasteiger partial charge in [0.05, 0.1) is 5.52 Å². The maximum Gasteiger partial charge on any atom is 0.132 e. The Kier molecular flexibility index (Phi) is 2.48. The van der Waals surface area contributed by atoms with Crippen LogP contribution in [0.15, 0.2) is 22.8 Å². The van der Waals surface area contributed by atoms with Crippen molar-refractivity contribution >= 4 is 21.4 Å². The molecule has 2 aromatic rings. The summed E-state index contributed by atoms with van der Waals surface area (Å²) in [7, 11) is 0. The van der Waals surface area contributed by atoms with E-state index in [0.717, 1.165) is 17.7 Å². The molecule has 3 heterocycles. The van der Waals surface area contributed by atoms with Gasteiger partial charge in [-0.2, -0.15) is 0 Å². The van der Waals surface area contributed by atoms with Crippen LogP contribution in [-0.2, 0) is 0 Å². The summed E-state index contributed by atoms with van der Waals surface area (Å²) >= 11 is 3.55. The fourth-order valence-electron chi connectivity index (χ4n) is 2.44. The summed E-state index contributed by atoms with van der Waals surface area (Å²) in [6.07, 6.45) is 1.18. The van der Waals surface area contributed by atoms with E-state index in [1.54, 1.807) is 0 Å². The molecule has 1 aliphatic rings. The quantitative estimate of drug-likeness (QED) is 0.869. The number of aromatic nitrogens is 2. The average Bonchev–Trinajstić information content (AvgIpc) is 2.87. The van der Waals surface area contributed by atoms with E-state index in [2.05, 4.69) is 55.8 Å². The SMILES string of the molecule is Cc1cccc2c(Br)nc(C3CCNC3)n12. The van der Waals surface area contributed by atoms with E-state index in [4.69, 9.17) is 0 Å². The molecule has 1 N–H and O–H groups in total. The number of aryl methyl sites for hydroxylation is 1. The third-order valence-electron chi connectivity index (χ3n) is 3.26. The Morgan fingerprint density at radius 3 is 3.12 bits per heavy atom. The summed E-state index contributed by atoms with van der Waals surface area (Å²) in [5.41, 5.74) is 2.42. The monoisotopic (exact) mass is 279 g/mol. The zero-order valence-corrected chi connectivity index (χ0v) is 10.8. The van der Waals surface area contributed by atoms with E-state index in [1.165, 1.54) is 23.5 Å². The number of fused-ring (bicyclic) bond motifs is 1. The number of hydrogen-bond donors (Lipinski definition) is 1. The lowest BCUT2D eigenvalue weighted by atomic mass is 10.1. The second-order valence-corrected chi connectivity index (χ2v) is 5.09. The first-order valence-corrected chi connectivity index (χ1v) is 6.41. The van der Waals surface area contributed by atoms with Crippen LogP contribution in [0.2, 0.25) is 0 Å². The molecule has 0 bridgehead atoms. The highest BCUT2D eigenvalue weighted by Crippen LogP contribution is 2.28. The maximum atomic E-state index is 4.67. The molecule has 0 aliphatic carbocycles. The van der Waals surface area contributed by atoms with Crippen molar-refractivity contribution in [1.82, 2.24) is 14.7 Å². The number of nitrogens with zero attached hydrogens (tertiary/aromatic N) is 2. The van der Waals surface area contributed by atoms with Crippen LogP contribution in [0.4, 0.5) is 0 Å². The van der Waals surface area contributed by atoms with Crippen molar-refractivity contribution in [3.63, 3.8) is 0 Å². The lowest BCUT2D eigenvalue weighted by Gasteiger charge is -2.09. The minimum atomic E-state index is 0.542. The fraction of sp³-hybridized carbons (Fsp3) is 0.417. The number of hydrogen-bond acceptors (Lipinski definition) is 2. The Morgan fingerprint density at radius 2 is 2.38 bits per heavy atom. The molecule has 3 rings (SSSR count). The first kappa shape index (κ1) is 10.3. The van der Waals surface area contributed by atoms with Crippen LogP contribution in [0.25, 0.3) is 5.52 Å². The van der Waals surface area contributed by atoms with Gasteiger partial charge in [0.15, 0.2) is 0 Å². The molecule has 1 aliphatic heterocycles. The van der Waals surface area contributed by atoms with Crippen molar-refractivity contribution in [3.05, 3.63) is 34.3 Å². The molecule has 0 amide bonds. The van der Waals surface area contributed by atoms with E-state index >= 15 is 0 Å². The summed E-state index contributed by atoms with van der Waals surface area (Å²) in [5.74, 6) is 1.73. The average molecular weight is 280 g/mol. The van der Waals surface area contributed by atoms with Crippen molar-refractivity contribution in [2.75, 3.05) is 13.1 Å². The van der Waals surface area contributed by atoms with Gasteiger partial charge in [0.1, 0.15) is 10.4 Å². The van der Waals surface area contributed by atoms with E-state index < -0.39 is 0 Å². The number of nitrogens with one attached hydrogen (secondary N) is 1. The molecule has 0 radical (unpaired) electrons. The molecule has 84 valence electrons. The van der Waals surface area contributed by atoms with Gasteiger partial charge in [-0.05, 0) is 48.0 Å². The normalized spacial score (nSPS) is 20.8. The third kappa shape index (κ3) is 1.48. The lowest BCUT2D eigenvalue weighted by molar-refractivity contribution is 0.693. The van der Waals surface area contributed by atoms with Gasteiger partial charge >= 0.3 is 0 Å². The molecule has 2 aromatic heterocycles. The molecule has 1 unspecified atom stereocenters. The molecule has 1 saturated heterocycles. The zero-order chi connectivity index (χ0) is 11.1. The van der Waals surface area contributed by atoms with Gasteiger partial charge in [0.2, 0.25) is 0 Å². The van der Waals surface area contributed by atoms with E-state index in [0.29, 0.717) is 5.92 Å². The predicted octanol–water partition coefficient (Wildman–Crippen LogP) is 2.48. The molecule has 0 saturated carbocycles. The molecule has 0 spiro atoms. The van der Waals surface area contributed by atoms with Gasteiger partial charge in [-0.15, -0.1) is 0 Å². The van der Waals surface area contributed by atoms with Gasteiger partial charge in [-0.1, -0.05) is 6.07 Å². The Bertz CT molecular complexity index is 526. The standard InChI is InChI=1S/C12H14BrN3/c1-8-3-2-4-10-11(13)15-12(16(8)10)9-5-6-14-7-9/h2-4,9,14H,5-7H2,1H3. The fourth-order valence-corrected chi connectivity index (χ4v) is 2.93. The Morgan fingerprint density at radius 1 is 1.50 bits per heavy atom. The third-order valence-corrected chi connectivity index (χ3v) is 3.85. The van der Waals surface area contributed by atoms with E-state index in [-0.39, 0.29) is 0 Å². The maximum absolute atomic E-state index is 4.67. The number of pyridine rings is 1. The smallest absolute Gasteiger partial charge is 0.132 e. The molecule has 1 fully saturated rings. The van der Waals surface area contributed by atoms with Gasteiger partial charge < -0.3 is 5.32 Å². The van der Waals surface area contributed by atoms with Crippen LogP contribution < -0.4 is 5.32 Å². The van der Waals surface area contributed by atoms with Crippen molar-refractivity contribution in [2.24, 2.45) is 0 Å². The first-order chi connectivity index (χ1) is 7.77. The van der Waals surface area contributed by atoms with E-state index in [1.807, 2.05) is 0 Å². The van der Waals surface area contributed by atoms with Crippen molar-refractivity contribution < 1.29 is 0 Å². The Balaban J connectivity index is 2.24. The van der Waals surface area contributed by atoms with Gasteiger partial charge in [0, 0.05) is 18.2 Å². The largest absolute Gasteiger partial charge is 0.316 e.